The molecule has 0 N–H and O–H groups in total. The van der Waals surface area contributed by atoms with E-state index >= 15 is 0 Å². The normalized spacial score (nSPS) is 15.7. The van der Waals surface area contributed by atoms with Crippen LogP contribution < -0.4 is 4.87 Å². The monoisotopic (exact) mass is 507 g/mol. The van der Waals surface area contributed by atoms with E-state index in [-0.39, 0.29) is 15.8 Å². The van der Waals surface area contributed by atoms with Gasteiger partial charge in [-0.15, -0.1) is 0 Å². The largest absolute Gasteiger partial charge is 0.308 e. The number of hydrogen-bond acceptors (Lipinski definition) is 5. The summed E-state index contributed by atoms with van der Waals surface area (Å²) in [5.74, 6) is 0. The average molecular weight is 508 g/mol. The third kappa shape index (κ3) is 4.71. The summed E-state index contributed by atoms with van der Waals surface area (Å²) in [6, 6.07) is 25.9. The minimum atomic E-state index is -3.65. The third-order valence-electron chi connectivity index (χ3n) is 6.59. The number of sulfonamides is 1. The van der Waals surface area contributed by atoms with Crippen molar-refractivity contribution in [3.05, 3.63) is 99.7 Å². The smallest absolute Gasteiger partial charge is 0.299 e. The zero-order valence-electron chi connectivity index (χ0n) is 19.7. The zero-order chi connectivity index (χ0) is 24.4. The molecule has 182 valence electrons. The van der Waals surface area contributed by atoms with Gasteiger partial charge in [-0.05, 0) is 35.7 Å². The standard InChI is InChI=1S/C27H29N3O3S2/c1-2-15-30-24-14-13-23(20-25(24)34-27(30)31)35(32,33)29-18-16-28(17-19-29)26(21-9-5-3-6-10-21)22-11-7-4-8-12-22/h3-14,20,26H,2,15-19H2,1H3. The molecule has 0 bridgehead atoms. The van der Waals surface area contributed by atoms with Gasteiger partial charge in [-0.2, -0.15) is 4.31 Å². The van der Waals surface area contributed by atoms with Crippen LogP contribution in [0, 0.1) is 0 Å². The Hall–Kier alpha value is -2.78. The van der Waals surface area contributed by atoms with E-state index < -0.39 is 10.0 Å². The summed E-state index contributed by atoms with van der Waals surface area (Å²) in [5, 5.41) is 0. The first-order valence-corrected chi connectivity index (χ1v) is 14.2. The van der Waals surface area contributed by atoms with E-state index in [1.807, 2.05) is 43.3 Å². The Morgan fingerprint density at radius 3 is 2.03 bits per heavy atom. The molecule has 0 amide bonds. The van der Waals surface area contributed by atoms with Gasteiger partial charge >= 0.3 is 4.87 Å². The first kappa shape index (κ1) is 23.9. The molecule has 5 rings (SSSR count). The second-order valence-electron chi connectivity index (χ2n) is 8.81. The van der Waals surface area contributed by atoms with Crippen molar-refractivity contribution >= 4 is 31.6 Å². The molecule has 8 heteroatoms. The predicted octanol–water partition coefficient (Wildman–Crippen LogP) is 4.57. The number of aryl methyl sites for hydroxylation is 1. The molecule has 1 saturated heterocycles. The van der Waals surface area contributed by atoms with E-state index in [0.29, 0.717) is 32.7 Å². The van der Waals surface area contributed by atoms with E-state index in [1.54, 1.807) is 27.1 Å². The van der Waals surface area contributed by atoms with Crippen molar-refractivity contribution in [3.63, 3.8) is 0 Å². The Kier molecular flexibility index (Phi) is 6.88. The fourth-order valence-corrected chi connectivity index (χ4v) is 7.36. The molecule has 3 aromatic carbocycles. The topological polar surface area (TPSA) is 62.6 Å². The van der Waals surface area contributed by atoms with Crippen molar-refractivity contribution in [1.29, 1.82) is 0 Å². The number of rotatable bonds is 7. The Balaban J connectivity index is 1.38. The summed E-state index contributed by atoms with van der Waals surface area (Å²) in [7, 11) is -3.65. The fourth-order valence-electron chi connectivity index (χ4n) is 4.88. The van der Waals surface area contributed by atoms with Crippen molar-refractivity contribution in [1.82, 2.24) is 13.8 Å². The summed E-state index contributed by atoms with van der Waals surface area (Å²) in [6.07, 6.45) is 0.850. The van der Waals surface area contributed by atoms with Crippen LogP contribution in [0.3, 0.4) is 0 Å². The summed E-state index contributed by atoms with van der Waals surface area (Å²) in [6.45, 7) is 4.77. The number of piperazine rings is 1. The lowest BCUT2D eigenvalue weighted by Gasteiger charge is -2.39. The molecule has 1 aliphatic heterocycles. The van der Waals surface area contributed by atoms with Crippen molar-refractivity contribution in [2.45, 2.75) is 30.8 Å². The minimum absolute atomic E-state index is 0.0436. The van der Waals surface area contributed by atoms with Gasteiger partial charge in [-0.25, -0.2) is 8.42 Å². The van der Waals surface area contributed by atoms with E-state index in [2.05, 4.69) is 29.2 Å². The second-order valence-corrected chi connectivity index (χ2v) is 11.7. The Morgan fingerprint density at radius 1 is 0.857 bits per heavy atom. The molecule has 35 heavy (non-hydrogen) atoms. The molecule has 1 aliphatic rings. The predicted molar refractivity (Wildman–Crippen MR) is 141 cm³/mol. The van der Waals surface area contributed by atoms with E-state index in [1.165, 1.54) is 11.1 Å². The first-order valence-electron chi connectivity index (χ1n) is 12.0. The molecule has 0 atom stereocenters. The minimum Gasteiger partial charge on any atom is -0.299 e. The van der Waals surface area contributed by atoms with Crippen molar-refractivity contribution < 1.29 is 8.42 Å². The van der Waals surface area contributed by atoms with Crippen LogP contribution in [0.15, 0.2) is 88.6 Å². The molecular weight excluding hydrogens is 478 g/mol. The van der Waals surface area contributed by atoms with Gasteiger partial charge < -0.3 is 0 Å². The molecule has 2 heterocycles. The van der Waals surface area contributed by atoms with Crippen molar-refractivity contribution in [2.75, 3.05) is 26.2 Å². The molecule has 0 saturated carbocycles. The lowest BCUT2D eigenvalue weighted by Crippen LogP contribution is -2.49. The van der Waals surface area contributed by atoms with Crippen LogP contribution >= 0.6 is 11.3 Å². The third-order valence-corrected chi connectivity index (χ3v) is 9.43. The van der Waals surface area contributed by atoms with E-state index in [0.717, 1.165) is 28.0 Å². The molecule has 0 radical (unpaired) electrons. The number of hydrogen-bond donors (Lipinski definition) is 0. The number of thiazole rings is 1. The average Bonchev–Trinajstić information content (AvgIpc) is 3.20. The molecule has 1 aromatic heterocycles. The van der Waals surface area contributed by atoms with Gasteiger partial charge in [-0.3, -0.25) is 14.3 Å². The van der Waals surface area contributed by atoms with Crippen LogP contribution in [-0.2, 0) is 16.6 Å². The summed E-state index contributed by atoms with van der Waals surface area (Å²) in [4.78, 5) is 14.9. The second kappa shape index (κ2) is 10.1. The Bertz CT molecular complexity index is 1420. The van der Waals surface area contributed by atoms with Crippen LogP contribution in [0.4, 0.5) is 0 Å². The van der Waals surface area contributed by atoms with Gasteiger partial charge in [-0.1, -0.05) is 78.9 Å². The summed E-state index contributed by atoms with van der Waals surface area (Å²) in [5.41, 5.74) is 3.21. The van der Waals surface area contributed by atoms with Gasteiger partial charge in [0.1, 0.15) is 0 Å². The highest BCUT2D eigenvalue weighted by Crippen LogP contribution is 2.31. The highest BCUT2D eigenvalue weighted by Gasteiger charge is 2.32. The number of benzene rings is 3. The van der Waals surface area contributed by atoms with Gasteiger partial charge in [0.05, 0.1) is 21.2 Å². The highest BCUT2D eigenvalue weighted by molar-refractivity contribution is 7.89. The lowest BCUT2D eigenvalue weighted by molar-refractivity contribution is 0.156. The maximum Gasteiger partial charge on any atom is 0.308 e. The van der Waals surface area contributed by atoms with Crippen LogP contribution in [0.2, 0.25) is 0 Å². The summed E-state index contributed by atoms with van der Waals surface area (Å²) >= 11 is 1.11. The molecule has 4 aromatic rings. The fraction of sp³-hybridized carbons (Fsp3) is 0.296. The lowest BCUT2D eigenvalue weighted by atomic mass is 9.96. The van der Waals surface area contributed by atoms with Gasteiger partial charge in [0.15, 0.2) is 0 Å². The molecule has 0 aliphatic carbocycles. The molecule has 0 unspecified atom stereocenters. The quantitative estimate of drug-likeness (QED) is 0.368. The van der Waals surface area contributed by atoms with Crippen LogP contribution in [-0.4, -0.2) is 48.4 Å². The maximum atomic E-state index is 13.5. The van der Waals surface area contributed by atoms with Crippen LogP contribution in [0.25, 0.3) is 10.2 Å². The maximum absolute atomic E-state index is 13.5. The van der Waals surface area contributed by atoms with Gasteiger partial charge in [0, 0.05) is 32.7 Å². The molecule has 1 fully saturated rings. The SMILES string of the molecule is CCCn1c(=O)sc2cc(S(=O)(=O)N3CCN(C(c4ccccc4)c4ccccc4)CC3)ccc21. The molecule has 6 nitrogen and oxygen atoms in total. The Morgan fingerprint density at radius 2 is 1.46 bits per heavy atom. The van der Waals surface area contributed by atoms with Crippen LogP contribution in [0.5, 0.6) is 0 Å². The number of fused-ring (bicyclic) bond motifs is 1. The van der Waals surface area contributed by atoms with Crippen molar-refractivity contribution in [2.24, 2.45) is 0 Å². The Labute approximate surface area is 210 Å². The number of nitrogens with zero attached hydrogens (tertiary/aromatic N) is 3. The molecule has 0 spiro atoms. The van der Waals surface area contributed by atoms with Crippen molar-refractivity contribution in [3.8, 4) is 0 Å². The van der Waals surface area contributed by atoms with E-state index in [9.17, 15) is 13.2 Å². The van der Waals surface area contributed by atoms with Gasteiger partial charge in [0.25, 0.3) is 0 Å². The first-order chi connectivity index (χ1) is 17.0. The summed E-state index contributed by atoms with van der Waals surface area (Å²) < 4.78 is 31.0. The van der Waals surface area contributed by atoms with Gasteiger partial charge in [0.2, 0.25) is 10.0 Å². The zero-order valence-corrected chi connectivity index (χ0v) is 21.3. The number of aromatic nitrogens is 1. The van der Waals surface area contributed by atoms with E-state index in [4.69, 9.17) is 0 Å². The highest BCUT2D eigenvalue weighted by atomic mass is 32.2. The molecular formula is C27H29N3O3S2. The van der Waals surface area contributed by atoms with Crippen LogP contribution in [0.1, 0.15) is 30.5 Å².